The average Bonchev–Trinajstić information content (AvgIpc) is 3.06. The predicted molar refractivity (Wildman–Crippen MR) is 136 cm³/mol. The smallest absolute Gasteiger partial charge is 0.115 e. The molecule has 1 saturated heterocycles. The summed E-state index contributed by atoms with van der Waals surface area (Å²) in [5.74, 6) is 1.91. The van der Waals surface area contributed by atoms with E-state index in [1.54, 1.807) is 12.1 Å². The van der Waals surface area contributed by atoms with Crippen LogP contribution in [0.25, 0.3) is 11.0 Å². The van der Waals surface area contributed by atoms with Crippen molar-refractivity contribution in [2.45, 2.75) is 53.4 Å². The predicted octanol–water partition coefficient (Wildman–Crippen LogP) is 4.84. The molecule has 1 fully saturated rings. The zero-order chi connectivity index (χ0) is 23.0. The van der Waals surface area contributed by atoms with Crippen LogP contribution in [0.1, 0.15) is 53.8 Å². The van der Waals surface area contributed by atoms with Gasteiger partial charge in [0.1, 0.15) is 5.82 Å². The van der Waals surface area contributed by atoms with Crippen molar-refractivity contribution >= 4 is 28.9 Å². The number of nitrogens with zero attached hydrogens (tertiary/aromatic N) is 4. The molecule has 31 heavy (non-hydrogen) atoms. The van der Waals surface area contributed by atoms with Gasteiger partial charge in [0, 0.05) is 71.0 Å². The molecule has 2 aromatic rings. The van der Waals surface area contributed by atoms with Crippen LogP contribution in [0.2, 0.25) is 0 Å². The van der Waals surface area contributed by atoms with Gasteiger partial charge in [-0.1, -0.05) is 34.6 Å². The van der Waals surface area contributed by atoms with E-state index in [0.717, 1.165) is 56.7 Å². The van der Waals surface area contributed by atoms with E-state index >= 15 is 0 Å². The third-order valence-electron chi connectivity index (χ3n) is 5.26. The van der Waals surface area contributed by atoms with E-state index in [1.807, 2.05) is 6.92 Å². The summed E-state index contributed by atoms with van der Waals surface area (Å²) >= 11 is 1.79. The maximum atomic E-state index is 5.14. The Bertz CT molecular complexity index is 793. The van der Waals surface area contributed by atoms with Crippen LogP contribution >= 0.6 is 12.1 Å². The Morgan fingerprint density at radius 3 is 2.48 bits per heavy atom. The van der Waals surface area contributed by atoms with Gasteiger partial charge in [-0.15, -0.1) is 0 Å². The normalized spacial score (nSPS) is 15.3. The summed E-state index contributed by atoms with van der Waals surface area (Å²) in [5.41, 5.74) is 3.51. The first kappa shape index (κ1) is 26.0. The first-order valence-electron chi connectivity index (χ1n) is 11.6. The fourth-order valence-corrected chi connectivity index (χ4v) is 4.36. The molecule has 3 rings (SSSR count). The number of anilines is 1. The molecule has 2 heterocycles. The Kier molecular flexibility index (Phi) is 10.1. The summed E-state index contributed by atoms with van der Waals surface area (Å²) in [6.45, 7) is 19.1. The largest absolute Gasteiger partial charge is 0.382 e. The maximum absolute atomic E-state index is 5.14. The monoisotopic (exact) mass is 449 g/mol. The van der Waals surface area contributed by atoms with Gasteiger partial charge in [-0.3, -0.25) is 0 Å². The fourth-order valence-electron chi connectivity index (χ4n) is 3.46. The second-order valence-electron chi connectivity index (χ2n) is 9.56. The lowest BCUT2D eigenvalue weighted by molar-refractivity contribution is 0.136. The van der Waals surface area contributed by atoms with Crippen molar-refractivity contribution in [2.75, 3.05) is 50.7 Å². The Morgan fingerprint density at radius 2 is 1.90 bits per heavy atom. The van der Waals surface area contributed by atoms with Gasteiger partial charge < -0.3 is 18.9 Å². The molecule has 1 aliphatic heterocycles. The number of piperazine rings is 1. The molecular formula is C24H43N5OS. The Balaban J connectivity index is 0.000000366. The van der Waals surface area contributed by atoms with Crippen molar-refractivity contribution in [1.82, 2.24) is 19.2 Å². The van der Waals surface area contributed by atoms with Gasteiger partial charge in [0.2, 0.25) is 0 Å². The number of aryl methyl sites for hydroxylation is 1. The SMILES string of the molecule is CCOCCC(C)C.CN(SN1CCNCC1)c1ccc2c(c1)nc(C(C)(C)C)n2C. The van der Waals surface area contributed by atoms with Crippen LogP contribution in [0.4, 0.5) is 5.69 Å². The van der Waals surface area contributed by atoms with Crippen LogP contribution in [-0.2, 0) is 17.2 Å². The van der Waals surface area contributed by atoms with Gasteiger partial charge in [-0.2, -0.15) is 0 Å². The number of benzene rings is 1. The molecule has 0 unspecified atom stereocenters. The molecule has 0 atom stereocenters. The third-order valence-corrected chi connectivity index (χ3v) is 6.31. The molecule has 0 radical (unpaired) electrons. The molecule has 0 amide bonds. The number of hydrogen-bond acceptors (Lipinski definition) is 6. The van der Waals surface area contributed by atoms with E-state index in [0.29, 0.717) is 0 Å². The fraction of sp³-hybridized carbons (Fsp3) is 0.708. The molecule has 7 heteroatoms. The standard InChI is InChI=1S/C17H27N5S.C7H16O/c1-17(2,3)16-19-14-12-13(6-7-15(14)20(16)4)21(5)23-22-10-8-18-9-11-22;1-4-8-6-5-7(2)3/h6-7,12,18H,8-11H2,1-5H3;7H,4-6H2,1-3H3. The first-order chi connectivity index (χ1) is 14.6. The lowest BCUT2D eigenvalue weighted by atomic mass is 9.96. The number of hydrogen-bond donors (Lipinski definition) is 1. The van der Waals surface area contributed by atoms with Crippen LogP contribution in [0.3, 0.4) is 0 Å². The molecule has 1 aliphatic rings. The minimum absolute atomic E-state index is 0.0510. The van der Waals surface area contributed by atoms with Crippen LogP contribution in [0.15, 0.2) is 18.2 Å². The van der Waals surface area contributed by atoms with Crippen LogP contribution in [-0.4, -0.2) is 60.3 Å². The highest BCUT2D eigenvalue weighted by molar-refractivity contribution is 7.98. The lowest BCUT2D eigenvalue weighted by Crippen LogP contribution is -2.41. The Morgan fingerprint density at radius 1 is 1.23 bits per heavy atom. The molecule has 1 aromatic carbocycles. The van der Waals surface area contributed by atoms with E-state index in [1.165, 1.54) is 17.6 Å². The molecule has 0 spiro atoms. The molecular weight excluding hydrogens is 406 g/mol. The lowest BCUT2D eigenvalue weighted by Gasteiger charge is -2.30. The number of rotatable bonds is 7. The second-order valence-corrected chi connectivity index (χ2v) is 10.8. The molecule has 176 valence electrons. The van der Waals surface area contributed by atoms with Crippen molar-refractivity contribution in [3.05, 3.63) is 24.0 Å². The first-order valence-corrected chi connectivity index (χ1v) is 12.3. The molecule has 6 nitrogen and oxygen atoms in total. The minimum Gasteiger partial charge on any atom is -0.382 e. The van der Waals surface area contributed by atoms with Crippen LogP contribution in [0, 0.1) is 5.92 Å². The highest BCUT2D eigenvalue weighted by atomic mass is 32.2. The van der Waals surface area contributed by atoms with Gasteiger partial charge >= 0.3 is 0 Å². The zero-order valence-electron chi connectivity index (χ0n) is 20.9. The van der Waals surface area contributed by atoms with Crippen LogP contribution in [0.5, 0.6) is 0 Å². The van der Waals surface area contributed by atoms with Crippen molar-refractivity contribution < 1.29 is 4.74 Å². The van der Waals surface area contributed by atoms with Gasteiger partial charge in [0.15, 0.2) is 0 Å². The summed E-state index contributed by atoms with van der Waals surface area (Å²) < 4.78 is 12.0. The maximum Gasteiger partial charge on any atom is 0.115 e. The van der Waals surface area contributed by atoms with Crippen molar-refractivity contribution in [3.63, 3.8) is 0 Å². The summed E-state index contributed by atoms with van der Waals surface area (Å²) in [5, 5.41) is 3.39. The Hall–Kier alpha value is -1.28. The Labute approximate surface area is 194 Å². The van der Waals surface area contributed by atoms with Crippen molar-refractivity contribution in [2.24, 2.45) is 13.0 Å². The molecule has 0 bridgehead atoms. The van der Waals surface area contributed by atoms with Gasteiger partial charge in [0.05, 0.1) is 16.7 Å². The number of ether oxygens (including phenoxy) is 1. The minimum atomic E-state index is 0.0510. The second kappa shape index (κ2) is 12.1. The highest BCUT2D eigenvalue weighted by Crippen LogP contribution is 2.30. The average molecular weight is 450 g/mol. The molecule has 1 aromatic heterocycles. The van der Waals surface area contributed by atoms with Gasteiger partial charge in [0.25, 0.3) is 0 Å². The summed E-state index contributed by atoms with van der Waals surface area (Å²) in [6.07, 6.45) is 1.19. The molecule has 0 saturated carbocycles. The number of nitrogens with one attached hydrogen (secondary N) is 1. The van der Waals surface area contributed by atoms with Crippen molar-refractivity contribution in [1.29, 1.82) is 0 Å². The van der Waals surface area contributed by atoms with E-state index in [2.05, 4.69) is 85.4 Å². The van der Waals surface area contributed by atoms with E-state index in [9.17, 15) is 0 Å². The third kappa shape index (κ3) is 7.97. The quantitative estimate of drug-likeness (QED) is 0.482. The van der Waals surface area contributed by atoms with Crippen molar-refractivity contribution in [3.8, 4) is 0 Å². The van der Waals surface area contributed by atoms with Gasteiger partial charge in [-0.25, -0.2) is 9.29 Å². The number of imidazole rings is 1. The molecule has 0 aliphatic carbocycles. The van der Waals surface area contributed by atoms with Crippen LogP contribution < -0.4 is 9.62 Å². The van der Waals surface area contributed by atoms with E-state index in [-0.39, 0.29) is 5.41 Å². The number of fused-ring (bicyclic) bond motifs is 1. The number of aromatic nitrogens is 2. The van der Waals surface area contributed by atoms with E-state index in [4.69, 9.17) is 9.72 Å². The summed E-state index contributed by atoms with van der Waals surface area (Å²) in [7, 11) is 4.23. The molecule has 1 N–H and O–H groups in total. The zero-order valence-corrected chi connectivity index (χ0v) is 21.7. The summed E-state index contributed by atoms with van der Waals surface area (Å²) in [4.78, 5) is 4.88. The topological polar surface area (TPSA) is 45.6 Å². The highest BCUT2D eigenvalue weighted by Gasteiger charge is 2.22. The summed E-state index contributed by atoms with van der Waals surface area (Å²) in [6, 6.07) is 6.56. The van der Waals surface area contributed by atoms with E-state index < -0.39 is 0 Å². The van der Waals surface area contributed by atoms with Gasteiger partial charge in [-0.05, 0) is 37.5 Å².